The summed E-state index contributed by atoms with van der Waals surface area (Å²) in [6.45, 7) is 1.48. The zero-order chi connectivity index (χ0) is 21.8. The van der Waals surface area contributed by atoms with Gasteiger partial charge in [0.25, 0.3) is 0 Å². The fourth-order valence-electron chi connectivity index (χ4n) is 4.27. The summed E-state index contributed by atoms with van der Waals surface area (Å²) in [6, 6.07) is 0. The van der Waals surface area contributed by atoms with Crippen LogP contribution in [-0.4, -0.2) is 58.1 Å². The number of alkyl halides is 3. The molecule has 1 saturated heterocycles. The normalized spacial score (nSPS) is 23.1. The van der Waals surface area contributed by atoms with Crippen LogP contribution in [0.25, 0.3) is 10.9 Å². The molecule has 0 spiro atoms. The van der Waals surface area contributed by atoms with Crippen LogP contribution in [0, 0.1) is 0 Å². The van der Waals surface area contributed by atoms with Crippen molar-refractivity contribution in [3.05, 3.63) is 18.0 Å². The lowest BCUT2D eigenvalue weighted by molar-refractivity contribution is -0.131. The van der Waals surface area contributed by atoms with E-state index in [1.54, 1.807) is 12.4 Å². The molecule has 0 amide bonds. The highest BCUT2D eigenvalue weighted by Gasteiger charge is 2.27. The van der Waals surface area contributed by atoms with Crippen LogP contribution in [0.15, 0.2) is 12.4 Å². The molecule has 0 unspecified atom stereocenters. The van der Waals surface area contributed by atoms with Crippen LogP contribution in [0.2, 0.25) is 0 Å². The lowest BCUT2D eigenvalue weighted by Gasteiger charge is -2.27. The molecule has 1 saturated carbocycles. The van der Waals surface area contributed by atoms with Gasteiger partial charge in [-0.05, 0) is 57.5 Å². The third-order valence-electron chi connectivity index (χ3n) is 6.01. The second kappa shape index (κ2) is 9.52. The van der Waals surface area contributed by atoms with Gasteiger partial charge in [0.05, 0.1) is 23.4 Å². The molecule has 2 aliphatic rings. The Balaban J connectivity index is 1.62. The van der Waals surface area contributed by atoms with Crippen LogP contribution in [0.5, 0.6) is 5.88 Å². The number of rotatable bonds is 6. The lowest BCUT2D eigenvalue weighted by Crippen LogP contribution is -2.34. The van der Waals surface area contributed by atoms with Gasteiger partial charge in [0.2, 0.25) is 11.8 Å². The van der Waals surface area contributed by atoms with Crippen LogP contribution in [0.3, 0.4) is 0 Å². The predicted molar refractivity (Wildman–Crippen MR) is 110 cm³/mol. The second-order valence-corrected chi connectivity index (χ2v) is 8.34. The van der Waals surface area contributed by atoms with Gasteiger partial charge < -0.3 is 20.5 Å². The Morgan fingerprint density at radius 2 is 1.81 bits per heavy atom. The first-order valence-electron chi connectivity index (χ1n) is 10.9. The van der Waals surface area contributed by atoms with Gasteiger partial charge >= 0.3 is 6.18 Å². The molecule has 1 aliphatic heterocycles. The van der Waals surface area contributed by atoms with Gasteiger partial charge in [0.1, 0.15) is 6.10 Å². The van der Waals surface area contributed by atoms with E-state index in [1.165, 1.54) is 0 Å². The zero-order valence-electron chi connectivity index (χ0n) is 17.3. The smallest absolute Gasteiger partial charge is 0.390 e. The first-order chi connectivity index (χ1) is 14.9. The fraction of sp³-hybridized carbons (Fsp3) is 0.667. The average molecular weight is 439 g/mol. The number of nitrogens with zero attached hydrogens (tertiary/aromatic N) is 3. The van der Waals surface area contributed by atoms with Gasteiger partial charge in [-0.15, -0.1) is 0 Å². The predicted octanol–water partition coefficient (Wildman–Crippen LogP) is 3.54. The van der Waals surface area contributed by atoms with Gasteiger partial charge in [-0.25, -0.2) is 15.0 Å². The van der Waals surface area contributed by atoms with Crippen molar-refractivity contribution in [2.75, 3.05) is 25.0 Å². The van der Waals surface area contributed by atoms with Crippen molar-refractivity contribution in [3.8, 4) is 5.88 Å². The molecule has 31 heavy (non-hydrogen) atoms. The van der Waals surface area contributed by atoms with Crippen molar-refractivity contribution in [2.24, 2.45) is 0 Å². The lowest BCUT2D eigenvalue weighted by atomic mass is 9.83. The molecule has 7 nitrogen and oxygen atoms in total. The Hall–Kier alpha value is -2.20. The molecule has 3 heterocycles. The number of aliphatic hydroxyl groups is 1. The van der Waals surface area contributed by atoms with Crippen LogP contribution in [0.1, 0.15) is 56.4 Å². The molecule has 4 rings (SSSR count). The van der Waals surface area contributed by atoms with Gasteiger partial charge in [-0.2, -0.15) is 13.2 Å². The van der Waals surface area contributed by atoms with Gasteiger partial charge in [0, 0.05) is 24.5 Å². The van der Waals surface area contributed by atoms with Crippen molar-refractivity contribution >= 4 is 16.9 Å². The molecule has 0 radical (unpaired) electrons. The minimum atomic E-state index is -4.24. The molecule has 1 aliphatic carbocycles. The SMILES string of the molecule is OC1CCC(c2cnc(OC3CCNCC3)c3cnc(NCCC(F)(F)F)nc23)CC1. The number of anilines is 1. The molecular weight excluding hydrogens is 411 g/mol. The van der Waals surface area contributed by atoms with Crippen molar-refractivity contribution in [1.29, 1.82) is 0 Å². The van der Waals surface area contributed by atoms with E-state index in [0.717, 1.165) is 44.3 Å². The molecule has 170 valence electrons. The third kappa shape index (κ3) is 5.74. The van der Waals surface area contributed by atoms with Crippen molar-refractivity contribution in [2.45, 2.75) is 69.2 Å². The molecule has 0 atom stereocenters. The Labute approximate surface area is 178 Å². The molecule has 2 aromatic heterocycles. The quantitative estimate of drug-likeness (QED) is 0.634. The third-order valence-corrected chi connectivity index (χ3v) is 6.01. The molecule has 2 fully saturated rings. The summed E-state index contributed by atoms with van der Waals surface area (Å²) < 4.78 is 43.6. The second-order valence-electron chi connectivity index (χ2n) is 8.34. The van der Waals surface area contributed by atoms with Crippen LogP contribution in [0.4, 0.5) is 19.1 Å². The number of hydrogen-bond acceptors (Lipinski definition) is 7. The van der Waals surface area contributed by atoms with Crippen LogP contribution in [-0.2, 0) is 0 Å². The number of aromatic nitrogens is 3. The monoisotopic (exact) mass is 439 g/mol. The summed E-state index contributed by atoms with van der Waals surface area (Å²) >= 11 is 0. The Kier molecular flexibility index (Phi) is 6.76. The minimum Gasteiger partial charge on any atom is -0.474 e. The van der Waals surface area contributed by atoms with E-state index in [1.807, 2.05) is 0 Å². The average Bonchev–Trinajstić information content (AvgIpc) is 2.74. The summed E-state index contributed by atoms with van der Waals surface area (Å²) in [5.74, 6) is 0.806. The number of piperidine rings is 1. The summed E-state index contributed by atoms with van der Waals surface area (Å²) in [5, 5.41) is 16.5. The van der Waals surface area contributed by atoms with E-state index in [2.05, 4.69) is 25.6 Å². The first-order valence-corrected chi connectivity index (χ1v) is 10.9. The van der Waals surface area contributed by atoms with Crippen LogP contribution >= 0.6 is 0 Å². The molecule has 0 bridgehead atoms. The number of aliphatic hydroxyl groups excluding tert-OH is 1. The maximum atomic E-state index is 12.5. The highest BCUT2D eigenvalue weighted by molar-refractivity contribution is 5.86. The summed E-state index contributed by atoms with van der Waals surface area (Å²) in [5.41, 5.74) is 1.59. The first kappa shape index (κ1) is 22.0. The van der Waals surface area contributed by atoms with E-state index in [0.29, 0.717) is 29.6 Å². The largest absolute Gasteiger partial charge is 0.474 e. The standard InChI is InChI=1S/C21H28F3N5O2/c22-21(23,24)7-10-26-20-28-12-17-18(29-20)16(13-1-3-14(30)4-2-13)11-27-19(17)31-15-5-8-25-9-6-15/h11-15,25,30H,1-10H2,(H,26,28,29). The molecule has 10 heteroatoms. The number of ether oxygens (including phenoxy) is 1. The van der Waals surface area contributed by atoms with E-state index in [4.69, 9.17) is 4.74 Å². The van der Waals surface area contributed by atoms with Crippen LogP contribution < -0.4 is 15.4 Å². The molecule has 0 aromatic carbocycles. The van der Waals surface area contributed by atoms with Crippen molar-refractivity contribution in [1.82, 2.24) is 20.3 Å². The van der Waals surface area contributed by atoms with Crippen molar-refractivity contribution < 1.29 is 23.0 Å². The van der Waals surface area contributed by atoms with E-state index < -0.39 is 12.6 Å². The maximum Gasteiger partial charge on any atom is 0.390 e. The number of hydrogen-bond donors (Lipinski definition) is 3. The molecule has 3 N–H and O–H groups in total. The Morgan fingerprint density at radius 3 is 2.52 bits per heavy atom. The number of halogens is 3. The number of fused-ring (bicyclic) bond motifs is 1. The van der Waals surface area contributed by atoms with Gasteiger partial charge in [0.15, 0.2) is 0 Å². The fourth-order valence-corrected chi connectivity index (χ4v) is 4.27. The zero-order valence-corrected chi connectivity index (χ0v) is 17.3. The maximum absolute atomic E-state index is 12.5. The number of pyridine rings is 1. The van der Waals surface area contributed by atoms with E-state index >= 15 is 0 Å². The van der Waals surface area contributed by atoms with Crippen molar-refractivity contribution in [3.63, 3.8) is 0 Å². The highest BCUT2D eigenvalue weighted by atomic mass is 19.4. The highest BCUT2D eigenvalue weighted by Crippen LogP contribution is 2.38. The van der Waals surface area contributed by atoms with E-state index in [9.17, 15) is 18.3 Å². The van der Waals surface area contributed by atoms with Gasteiger partial charge in [-0.1, -0.05) is 0 Å². The molecular formula is C21H28F3N5O2. The summed E-state index contributed by atoms with van der Waals surface area (Å²) in [6.07, 6.45) is 2.73. The Bertz CT molecular complexity index is 881. The Morgan fingerprint density at radius 1 is 1.06 bits per heavy atom. The minimum absolute atomic E-state index is 0.0530. The van der Waals surface area contributed by atoms with Gasteiger partial charge in [-0.3, -0.25) is 0 Å². The summed E-state index contributed by atoms with van der Waals surface area (Å²) in [7, 11) is 0. The summed E-state index contributed by atoms with van der Waals surface area (Å²) in [4.78, 5) is 13.3. The molecule has 2 aromatic rings. The topological polar surface area (TPSA) is 92.2 Å². The number of nitrogens with one attached hydrogen (secondary N) is 2. The van der Waals surface area contributed by atoms with E-state index in [-0.39, 0.29) is 30.6 Å².